The molecule has 0 aromatic carbocycles. The molecule has 10 heavy (non-hydrogen) atoms. The van der Waals surface area contributed by atoms with E-state index < -0.39 is 0 Å². The Hall–Kier alpha value is -0.0300. The summed E-state index contributed by atoms with van der Waals surface area (Å²) in [5.41, 5.74) is 0. The molecule has 0 saturated carbocycles. The maximum absolute atomic E-state index is 4.33. The van der Waals surface area contributed by atoms with Gasteiger partial charge in [0.1, 0.15) is 6.04 Å². The normalized spacial score (nSPS) is 31.2. The second kappa shape index (κ2) is 2.92. The molecule has 1 atom stereocenters. The van der Waals surface area contributed by atoms with Gasteiger partial charge in [-0.3, -0.25) is 4.99 Å². The van der Waals surface area contributed by atoms with Crippen LogP contribution in [0.2, 0.25) is 0 Å². The number of nitrogens with zero attached hydrogens (tertiary/aromatic N) is 3. The Labute approximate surface area is 67.9 Å². The lowest BCUT2D eigenvalue weighted by atomic mass is 10.4. The number of aliphatic imine (C=N–C) groups is 1. The summed E-state index contributed by atoms with van der Waals surface area (Å²) < 4.78 is 3.86. The Morgan fingerprint density at radius 3 is 3.10 bits per heavy atom. The molecule has 0 saturated heterocycles. The molecule has 2 rings (SSSR count). The van der Waals surface area contributed by atoms with E-state index in [1.807, 2.05) is 11.8 Å². The number of hydrogen-bond acceptors (Lipinski definition) is 5. The van der Waals surface area contributed by atoms with E-state index in [1.54, 1.807) is 0 Å². The van der Waals surface area contributed by atoms with Crippen molar-refractivity contribution in [3.8, 4) is 0 Å². The highest BCUT2D eigenvalue weighted by Gasteiger charge is 2.22. The van der Waals surface area contributed by atoms with Gasteiger partial charge in [-0.1, -0.05) is 0 Å². The van der Waals surface area contributed by atoms with E-state index in [-0.39, 0.29) is 6.04 Å². The van der Waals surface area contributed by atoms with Gasteiger partial charge in [-0.2, -0.15) is 5.11 Å². The first-order valence-electron chi connectivity index (χ1n) is 3.16. The first-order valence-corrected chi connectivity index (χ1v) is 5.09. The lowest BCUT2D eigenvalue weighted by Gasteiger charge is -2.00. The van der Waals surface area contributed by atoms with Gasteiger partial charge in [0, 0.05) is 18.1 Å². The van der Waals surface area contributed by atoms with E-state index in [2.05, 4.69) is 14.6 Å². The SMILES string of the molecule is C1CSC(C2CSN=N2)=N1. The van der Waals surface area contributed by atoms with E-state index in [4.69, 9.17) is 0 Å². The Kier molecular flexibility index (Phi) is 1.95. The Morgan fingerprint density at radius 2 is 2.50 bits per heavy atom. The smallest absolute Gasteiger partial charge is 0.130 e. The fourth-order valence-electron chi connectivity index (χ4n) is 0.901. The zero-order valence-corrected chi connectivity index (χ0v) is 6.99. The van der Waals surface area contributed by atoms with Gasteiger partial charge < -0.3 is 0 Å². The van der Waals surface area contributed by atoms with Gasteiger partial charge >= 0.3 is 0 Å². The molecule has 2 aliphatic heterocycles. The summed E-state index contributed by atoms with van der Waals surface area (Å²) in [7, 11) is 0. The fourth-order valence-corrected chi connectivity index (χ4v) is 2.52. The maximum atomic E-state index is 4.33. The fraction of sp³-hybridized carbons (Fsp3) is 0.800. The van der Waals surface area contributed by atoms with Crippen LogP contribution in [-0.4, -0.2) is 29.1 Å². The van der Waals surface area contributed by atoms with Crippen LogP contribution >= 0.6 is 23.7 Å². The highest BCUT2D eigenvalue weighted by molar-refractivity contribution is 8.14. The van der Waals surface area contributed by atoms with Crippen LogP contribution in [0, 0.1) is 0 Å². The molecule has 0 radical (unpaired) electrons. The predicted molar refractivity (Wildman–Crippen MR) is 45.9 cm³/mol. The van der Waals surface area contributed by atoms with Crippen LogP contribution < -0.4 is 0 Å². The third-order valence-corrected chi connectivity index (χ3v) is 3.13. The van der Waals surface area contributed by atoms with Gasteiger partial charge in [0.25, 0.3) is 0 Å². The average Bonchev–Trinajstić information content (AvgIpc) is 2.59. The zero-order valence-electron chi connectivity index (χ0n) is 5.36. The van der Waals surface area contributed by atoms with Crippen molar-refractivity contribution in [3.05, 3.63) is 0 Å². The van der Waals surface area contributed by atoms with Crippen molar-refractivity contribution in [3.63, 3.8) is 0 Å². The largest absolute Gasteiger partial charge is 0.280 e. The molecule has 0 amide bonds. The maximum Gasteiger partial charge on any atom is 0.130 e. The van der Waals surface area contributed by atoms with E-state index in [0.29, 0.717) is 0 Å². The van der Waals surface area contributed by atoms with Crippen LogP contribution in [0.3, 0.4) is 0 Å². The van der Waals surface area contributed by atoms with E-state index in [1.165, 1.54) is 17.0 Å². The summed E-state index contributed by atoms with van der Waals surface area (Å²) in [4.78, 5) is 4.33. The second-order valence-corrected chi connectivity index (χ2v) is 3.95. The first-order chi connectivity index (χ1) is 4.97. The Bertz CT molecular complexity index is 189. The molecule has 2 heterocycles. The van der Waals surface area contributed by atoms with Crippen molar-refractivity contribution < 1.29 is 0 Å². The molecule has 0 aromatic rings. The molecule has 0 fully saturated rings. The van der Waals surface area contributed by atoms with Crippen LogP contribution in [0.15, 0.2) is 14.6 Å². The average molecular weight is 173 g/mol. The zero-order chi connectivity index (χ0) is 6.81. The van der Waals surface area contributed by atoms with Gasteiger partial charge in [0.2, 0.25) is 0 Å². The van der Waals surface area contributed by atoms with Crippen LogP contribution in [0.5, 0.6) is 0 Å². The van der Waals surface area contributed by atoms with Crippen LogP contribution in [0.4, 0.5) is 0 Å². The van der Waals surface area contributed by atoms with Gasteiger partial charge in [-0.25, -0.2) is 0 Å². The lowest BCUT2D eigenvalue weighted by molar-refractivity contribution is 0.966. The minimum absolute atomic E-state index is 0.289. The van der Waals surface area contributed by atoms with Gasteiger partial charge in [-0.15, -0.1) is 16.3 Å². The third kappa shape index (κ3) is 1.20. The molecule has 1 unspecified atom stereocenters. The molecule has 0 aliphatic carbocycles. The van der Waals surface area contributed by atoms with Crippen molar-refractivity contribution in [1.29, 1.82) is 0 Å². The molecule has 0 bridgehead atoms. The predicted octanol–water partition coefficient (Wildman–Crippen LogP) is 1.61. The summed E-state index contributed by atoms with van der Waals surface area (Å²) >= 11 is 3.36. The lowest BCUT2D eigenvalue weighted by Crippen LogP contribution is -2.13. The van der Waals surface area contributed by atoms with Crippen LogP contribution in [-0.2, 0) is 0 Å². The summed E-state index contributed by atoms with van der Waals surface area (Å²) in [6.07, 6.45) is 0. The minimum Gasteiger partial charge on any atom is -0.280 e. The molecule has 54 valence electrons. The molecule has 0 N–H and O–H groups in total. The van der Waals surface area contributed by atoms with Gasteiger partial charge in [0.05, 0.1) is 5.04 Å². The number of thioether (sulfide) groups is 1. The number of hydrogen-bond donors (Lipinski definition) is 0. The van der Waals surface area contributed by atoms with Crippen molar-refractivity contribution in [1.82, 2.24) is 0 Å². The van der Waals surface area contributed by atoms with E-state index in [0.717, 1.165) is 18.1 Å². The Morgan fingerprint density at radius 1 is 1.50 bits per heavy atom. The highest BCUT2D eigenvalue weighted by Crippen LogP contribution is 2.25. The van der Waals surface area contributed by atoms with Crippen molar-refractivity contribution >= 4 is 28.8 Å². The molecule has 0 aromatic heterocycles. The molecular weight excluding hydrogens is 166 g/mol. The van der Waals surface area contributed by atoms with Gasteiger partial charge in [0.15, 0.2) is 0 Å². The van der Waals surface area contributed by atoms with Crippen LogP contribution in [0.25, 0.3) is 0 Å². The second-order valence-electron chi connectivity index (χ2n) is 2.08. The Balaban J connectivity index is 2.04. The third-order valence-electron chi connectivity index (χ3n) is 1.37. The van der Waals surface area contributed by atoms with Crippen molar-refractivity contribution in [2.75, 3.05) is 18.1 Å². The topological polar surface area (TPSA) is 37.1 Å². The standard InChI is InChI=1S/C5H7N3S2/c1-2-9-5(6-1)4-3-10-8-7-4/h4H,1-3H2. The quantitative estimate of drug-likeness (QED) is 0.565. The minimum atomic E-state index is 0.289. The van der Waals surface area contributed by atoms with Crippen molar-refractivity contribution in [2.45, 2.75) is 6.04 Å². The summed E-state index contributed by atoms with van der Waals surface area (Å²) in [6, 6.07) is 0.289. The summed E-state index contributed by atoms with van der Waals surface area (Å²) in [5, 5.41) is 5.24. The molecule has 3 nitrogen and oxygen atoms in total. The summed E-state index contributed by atoms with van der Waals surface area (Å²) in [6.45, 7) is 0.969. The van der Waals surface area contributed by atoms with E-state index >= 15 is 0 Å². The molecule has 2 aliphatic rings. The summed E-state index contributed by atoms with van der Waals surface area (Å²) in [5.74, 6) is 2.12. The monoisotopic (exact) mass is 173 g/mol. The van der Waals surface area contributed by atoms with Gasteiger partial charge in [-0.05, 0) is 11.9 Å². The molecule has 0 spiro atoms. The number of rotatable bonds is 1. The van der Waals surface area contributed by atoms with Crippen molar-refractivity contribution in [2.24, 2.45) is 14.6 Å². The molecule has 5 heteroatoms. The highest BCUT2D eigenvalue weighted by atomic mass is 32.2. The first kappa shape index (κ1) is 6.67. The van der Waals surface area contributed by atoms with Crippen LogP contribution in [0.1, 0.15) is 0 Å². The van der Waals surface area contributed by atoms with E-state index in [9.17, 15) is 0 Å². The molecular formula is C5H7N3S2.